The molecule has 5 heteroatoms. The van der Waals surface area contributed by atoms with E-state index in [1.165, 1.54) is 0 Å². The van der Waals surface area contributed by atoms with Gasteiger partial charge in [0.1, 0.15) is 0 Å². The van der Waals surface area contributed by atoms with Crippen molar-refractivity contribution in [3.05, 3.63) is 66.5 Å². The Kier molecular flexibility index (Phi) is 2.87. The summed E-state index contributed by atoms with van der Waals surface area (Å²) in [5.41, 5.74) is 2.01. The summed E-state index contributed by atoms with van der Waals surface area (Å²) in [6.45, 7) is 1.39. The summed E-state index contributed by atoms with van der Waals surface area (Å²) in [5.74, 6) is 0. The van der Waals surface area contributed by atoms with Gasteiger partial charge in [-0.2, -0.15) is 10.2 Å². The minimum atomic E-state index is 0.694. The number of nitrogens with zero attached hydrogens (tertiary/aromatic N) is 5. The van der Waals surface area contributed by atoms with E-state index in [2.05, 4.69) is 15.2 Å². The van der Waals surface area contributed by atoms with E-state index < -0.39 is 0 Å². The van der Waals surface area contributed by atoms with Crippen LogP contribution in [0.2, 0.25) is 0 Å². The normalized spacial score (nSPS) is 10.7. The van der Waals surface area contributed by atoms with Gasteiger partial charge in [0, 0.05) is 24.8 Å². The molecule has 3 rings (SSSR count). The van der Waals surface area contributed by atoms with Crippen molar-refractivity contribution < 1.29 is 0 Å². The van der Waals surface area contributed by atoms with Crippen LogP contribution in [-0.2, 0) is 13.1 Å². The molecule has 0 saturated carbocycles. The molecule has 0 saturated heterocycles. The molecule has 0 aliphatic heterocycles. The largest absolute Gasteiger partial charge is 0.267 e. The van der Waals surface area contributed by atoms with Crippen LogP contribution < -0.4 is 0 Å². The zero-order valence-corrected chi connectivity index (χ0v) is 9.85. The fourth-order valence-electron chi connectivity index (χ4n) is 1.83. The third-order valence-corrected chi connectivity index (χ3v) is 2.63. The Labute approximate surface area is 105 Å². The highest BCUT2D eigenvalue weighted by Crippen LogP contribution is 2.03. The van der Waals surface area contributed by atoms with E-state index in [0.29, 0.717) is 13.1 Å². The molecule has 0 aliphatic rings. The van der Waals surface area contributed by atoms with Gasteiger partial charge in [-0.25, -0.2) is 0 Å². The fourth-order valence-corrected chi connectivity index (χ4v) is 1.83. The molecule has 3 aromatic rings. The first-order valence-electron chi connectivity index (χ1n) is 5.80. The lowest BCUT2D eigenvalue weighted by Gasteiger charge is -2.05. The molecule has 0 fully saturated rings. The van der Waals surface area contributed by atoms with E-state index in [4.69, 9.17) is 0 Å². The molecule has 0 aliphatic carbocycles. The Morgan fingerprint density at radius 1 is 0.778 bits per heavy atom. The third-order valence-electron chi connectivity index (χ3n) is 2.63. The first-order chi connectivity index (χ1) is 8.90. The predicted octanol–water partition coefficient (Wildman–Crippen LogP) is 1.57. The van der Waals surface area contributed by atoms with Gasteiger partial charge in [-0.05, 0) is 24.3 Å². The van der Waals surface area contributed by atoms with Crippen molar-refractivity contribution in [2.24, 2.45) is 0 Å². The zero-order valence-electron chi connectivity index (χ0n) is 9.85. The van der Waals surface area contributed by atoms with Crippen molar-refractivity contribution in [3.8, 4) is 0 Å². The van der Waals surface area contributed by atoms with E-state index in [9.17, 15) is 0 Å². The third kappa shape index (κ3) is 2.45. The molecule has 0 unspecified atom stereocenters. The summed E-state index contributed by atoms with van der Waals surface area (Å²) in [5, 5.41) is 8.35. The van der Waals surface area contributed by atoms with Gasteiger partial charge in [-0.15, -0.1) is 0 Å². The quantitative estimate of drug-likeness (QED) is 0.694. The van der Waals surface area contributed by atoms with Crippen molar-refractivity contribution in [1.29, 1.82) is 0 Å². The lowest BCUT2D eigenvalue weighted by molar-refractivity contribution is 0.647. The molecular formula is C13H13N5. The second-order valence-corrected chi connectivity index (χ2v) is 4.03. The molecule has 0 bridgehead atoms. The summed E-state index contributed by atoms with van der Waals surface area (Å²) in [7, 11) is 0. The molecule has 3 aromatic heterocycles. The molecule has 18 heavy (non-hydrogen) atoms. The predicted molar refractivity (Wildman–Crippen MR) is 66.9 cm³/mol. The van der Waals surface area contributed by atoms with Gasteiger partial charge in [-0.3, -0.25) is 14.3 Å². The molecule has 3 heterocycles. The summed E-state index contributed by atoms with van der Waals surface area (Å²) < 4.78 is 3.72. The van der Waals surface area contributed by atoms with E-state index in [1.54, 1.807) is 12.4 Å². The number of aromatic nitrogens is 5. The van der Waals surface area contributed by atoms with Crippen molar-refractivity contribution in [1.82, 2.24) is 24.5 Å². The van der Waals surface area contributed by atoms with Gasteiger partial charge in [0.15, 0.2) is 0 Å². The summed E-state index contributed by atoms with van der Waals surface area (Å²) in [6, 6.07) is 9.86. The van der Waals surface area contributed by atoms with Crippen LogP contribution in [0.4, 0.5) is 0 Å². The van der Waals surface area contributed by atoms with Crippen molar-refractivity contribution >= 4 is 0 Å². The minimum Gasteiger partial charge on any atom is -0.267 e. The molecule has 0 atom stereocenters. The molecule has 0 aromatic carbocycles. The van der Waals surface area contributed by atoms with Gasteiger partial charge < -0.3 is 0 Å². The Morgan fingerprint density at radius 2 is 1.33 bits per heavy atom. The highest BCUT2D eigenvalue weighted by molar-refractivity contribution is 5.12. The Balaban J connectivity index is 1.76. The highest BCUT2D eigenvalue weighted by atomic mass is 15.3. The Morgan fingerprint density at radius 3 is 1.78 bits per heavy atom. The highest BCUT2D eigenvalue weighted by Gasteiger charge is 2.00. The fraction of sp³-hybridized carbons (Fsp3) is 0.154. The maximum Gasteiger partial charge on any atom is 0.0831 e. The van der Waals surface area contributed by atoms with Crippen LogP contribution >= 0.6 is 0 Å². The van der Waals surface area contributed by atoms with Crippen LogP contribution in [0, 0.1) is 0 Å². The monoisotopic (exact) mass is 239 g/mol. The molecule has 90 valence electrons. The Bertz CT molecular complexity index is 547. The smallest absolute Gasteiger partial charge is 0.0831 e. The number of hydrogen-bond donors (Lipinski definition) is 0. The lowest BCUT2D eigenvalue weighted by Crippen LogP contribution is -2.06. The van der Waals surface area contributed by atoms with Crippen LogP contribution in [0.25, 0.3) is 0 Å². The zero-order chi connectivity index (χ0) is 12.2. The average molecular weight is 239 g/mol. The minimum absolute atomic E-state index is 0.694. The number of rotatable bonds is 4. The van der Waals surface area contributed by atoms with Crippen LogP contribution in [0.15, 0.2) is 55.1 Å². The van der Waals surface area contributed by atoms with Crippen LogP contribution in [0.3, 0.4) is 0 Å². The standard InChI is InChI=1S/C13H13N5/c1-4-12(10-17-8-2-6-14-17)16-13(5-1)11-18-9-3-7-15-18/h1-9H,10-11H2. The van der Waals surface area contributed by atoms with E-state index in [1.807, 2.05) is 52.1 Å². The maximum atomic E-state index is 4.60. The van der Waals surface area contributed by atoms with E-state index in [0.717, 1.165) is 11.4 Å². The second-order valence-electron chi connectivity index (χ2n) is 4.03. The first kappa shape index (κ1) is 10.7. The molecule has 0 amide bonds. The van der Waals surface area contributed by atoms with Crippen LogP contribution in [-0.4, -0.2) is 24.5 Å². The maximum absolute atomic E-state index is 4.60. The SMILES string of the molecule is c1cc(Cn2cccn2)nc(Cn2cccn2)c1. The second kappa shape index (κ2) is 4.83. The van der Waals surface area contributed by atoms with Gasteiger partial charge >= 0.3 is 0 Å². The molecule has 0 spiro atoms. The summed E-state index contributed by atoms with van der Waals surface area (Å²) in [6.07, 6.45) is 7.41. The first-order valence-corrected chi connectivity index (χ1v) is 5.80. The van der Waals surface area contributed by atoms with E-state index >= 15 is 0 Å². The molecular weight excluding hydrogens is 226 g/mol. The molecule has 5 nitrogen and oxygen atoms in total. The Hall–Kier alpha value is -2.43. The van der Waals surface area contributed by atoms with E-state index in [-0.39, 0.29) is 0 Å². The van der Waals surface area contributed by atoms with Crippen molar-refractivity contribution in [2.75, 3.05) is 0 Å². The van der Waals surface area contributed by atoms with Gasteiger partial charge in [0.2, 0.25) is 0 Å². The van der Waals surface area contributed by atoms with Crippen molar-refractivity contribution in [3.63, 3.8) is 0 Å². The number of pyridine rings is 1. The lowest BCUT2D eigenvalue weighted by atomic mass is 10.3. The molecule has 0 N–H and O–H groups in total. The topological polar surface area (TPSA) is 48.5 Å². The van der Waals surface area contributed by atoms with Gasteiger partial charge in [0.25, 0.3) is 0 Å². The molecule has 0 radical (unpaired) electrons. The van der Waals surface area contributed by atoms with Gasteiger partial charge in [-0.1, -0.05) is 6.07 Å². The number of hydrogen-bond acceptors (Lipinski definition) is 3. The summed E-state index contributed by atoms with van der Waals surface area (Å²) >= 11 is 0. The average Bonchev–Trinajstić information content (AvgIpc) is 3.03. The van der Waals surface area contributed by atoms with Crippen molar-refractivity contribution in [2.45, 2.75) is 13.1 Å². The summed E-state index contributed by atoms with van der Waals surface area (Å²) in [4.78, 5) is 4.60. The van der Waals surface area contributed by atoms with Gasteiger partial charge in [0.05, 0.1) is 24.5 Å². The van der Waals surface area contributed by atoms with Crippen LogP contribution in [0.1, 0.15) is 11.4 Å². The van der Waals surface area contributed by atoms with Crippen LogP contribution in [0.5, 0.6) is 0 Å².